The van der Waals surface area contributed by atoms with Gasteiger partial charge in [-0.2, -0.15) is 13.2 Å². The molecule has 170 valence electrons. The van der Waals surface area contributed by atoms with Crippen molar-refractivity contribution in [2.75, 3.05) is 11.9 Å². The molecule has 3 rings (SSSR count). The minimum absolute atomic E-state index is 0.0116. The Morgan fingerprint density at radius 1 is 1.09 bits per heavy atom. The quantitative estimate of drug-likeness (QED) is 0.462. The summed E-state index contributed by atoms with van der Waals surface area (Å²) in [5, 5.41) is 12.1. The molecule has 6 nitrogen and oxygen atoms in total. The summed E-state index contributed by atoms with van der Waals surface area (Å²) in [5.41, 5.74) is 0.763. The van der Waals surface area contributed by atoms with Crippen molar-refractivity contribution in [2.45, 2.75) is 25.4 Å². The molecule has 0 saturated heterocycles. The SMILES string of the molecule is Cc1c(C(=O)Nc2ccc(C[SH](=O)=O)cc2)cn(CCO)c1-c1ccccc1C(F)(F)F. The molecule has 0 bridgehead atoms. The van der Waals surface area contributed by atoms with Crippen LogP contribution in [0.5, 0.6) is 0 Å². The highest BCUT2D eigenvalue weighted by molar-refractivity contribution is 7.71. The number of carbonyl (C=O) groups is 1. The van der Waals surface area contributed by atoms with Crippen LogP contribution in [-0.4, -0.2) is 30.6 Å². The monoisotopic (exact) mass is 466 g/mol. The van der Waals surface area contributed by atoms with Crippen LogP contribution in [0.4, 0.5) is 18.9 Å². The molecule has 0 saturated carbocycles. The molecule has 32 heavy (non-hydrogen) atoms. The first-order chi connectivity index (χ1) is 15.1. The van der Waals surface area contributed by atoms with E-state index in [9.17, 15) is 31.5 Å². The lowest BCUT2D eigenvalue weighted by atomic mass is 10.00. The van der Waals surface area contributed by atoms with Crippen LogP contribution in [0.2, 0.25) is 0 Å². The van der Waals surface area contributed by atoms with E-state index in [1.54, 1.807) is 31.2 Å². The van der Waals surface area contributed by atoms with Crippen molar-refractivity contribution < 1.29 is 31.5 Å². The molecule has 0 fully saturated rings. The number of aromatic nitrogens is 1. The van der Waals surface area contributed by atoms with Crippen molar-refractivity contribution >= 4 is 22.3 Å². The van der Waals surface area contributed by atoms with E-state index >= 15 is 0 Å². The average Bonchev–Trinajstić information content (AvgIpc) is 3.04. The zero-order valence-corrected chi connectivity index (χ0v) is 17.9. The predicted molar refractivity (Wildman–Crippen MR) is 115 cm³/mol. The van der Waals surface area contributed by atoms with Crippen molar-refractivity contribution in [3.8, 4) is 11.3 Å². The third kappa shape index (κ3) is 5.20. The number of amides is 1. The Morgan fingerprint density at radius 2 is 1.75 bits per heavy atom. The minimum Gasteiger partial charge on any atom is -0.395 e. The van der Waals surface area contributed by atoms with Crippen LogP contribution in [0.3, 0.4) is 0 Å². The van der Waals surface area contributed by atoms with Gasteiger partial charge in [0.05, 0.1) is 29.2 Å². The summed E-state index contributed by atoms with van der Waals surface area (Å²) in [5.74, 6) is -0.651. The van der Waals surface area contributed by atoms with Gasteiger partial charge in [-0.05, 0) is 36.2 Å². The highest BCUT2D eigenvalue weighted by Crippen LogP contribution is 2.39. The number of nitrogens with one attached hydrogen (secondary N) is 1. The molecule has 0 atom stereocenters. The molecule has 0 unspecified atom stereocenters. The number of carbonyl (C=O) groups excluding carboxylic acids is 1. The summed E-state index contributed by atoms with van der Waals surface area (Å²) in [6, 6.07) is 11.3. The first kappa shape index (κ1) is 23.6. The molecule has 0 aliphatic rings. The Kier molecular flexibility index (Phi) is 7.05. The molecule has 1 heterocycles. The van der Waals surface area contributed by atoms with E-state index < -0.39 is 28.4 Å². The maximum atomic E-state index is 13.6. The Hall–Kier alpha value is -3.11. The van der Waals surface area contributed by atoms with Gasteiger partial charge in [0.25, 0.3) is 5.91 Å². The van der Waals surface area contributed by atoms with Gasteiger partial charge in [0.2, 0.25) is 0 Å². The number of aliphatic hydroxyl groups is 1. The van der Waals surface area contributed by atoms with E-state index in [-0.39, 0.29) is 35.7 Å². The second kappa shape index (κ2) is 9.58. The number of rotatable bonds is 7. The Morgan fingerprint density at radius 3 is 2.34 bits per heavy atom. The van der Waals surface area contributed by atoms with Crippen LogP contribution >= 0.6 is 0 Å². The van der Waals surface area contributed by atoms with E-state index in [0.29, 0.717) is 16.8 Å². The zero-order valence-electron chi connectivity index (χ0n) is 17.0. The van der Waals surface area contributed by atoms with E-state index in [2.05, 4.69) is 5.32 Å². The van der Waals surface area contributed by atoms with Crippen LogP contribution < -0.4 is 5.32 Å². The predicted octanol–water partition coefficient (Wildman–Crippen LogP) is 3.84. The molecule has 0 radical (unpaired) electrons. The molecule has 1 aromatic heterocycles. The summed E-state index contributed by atoms with van der Waals surface area (Å²) >= 11 is 0. The van der Waals surface area contributed by atoms with E-state index in [1.807, 2.05) is 0 Å². The lowest BCUT2D eigenvalue weighted by molar-refractivity contribution is -0.137. The van der Waals surface area contributed by atoms with Gasteiger partial charge in [0.15, 0.2) is 0 Å². The zero-order chi connectivity index (χ0) is 23.5. The average molecular weight is 466 g/mol. The Labute approximate surface area is 184 Å². The van der Waals surface area contributed by atoms with Crippen LogP contribution in [0.25, 0.3) is 11.3 Å². The molecule has 1 amide bonds. The molecular formula is C22H21F3N2O4S. The summed E-state index contributed by atoms with van der Waals surface area (Å²) in [4.78, 5) is 12.9. The Bertz CT molecular complexity index is 1190. The van der Waals surface area contributed by atoms with Crippen molar-refractivity contribution in [2.24, 2.45) is 0 Å². The molecule has 0 spiro atoms. The lowest BCUT2D eigenvalue weighted by Crippen LogP contribution is -2.12. The largest absolute Gasteiger partial charge is 0.417 e. The lowest BCUT2D eigenvalue weighted by Gasteiger charge is -2.15. The first-order valence-corrected chi connectivity index (χ1v) is 11.0. The number of nitrogens with zero attached hydrogens (tertiary/aromatic N) is 1. The maximum absolute atomic E-state index is 13.6. The summed E-state index contributed by atoms with van der Waals surface area (Å²) in [6.45, 7) is 1.25. The van der Waals surface area contributed by atoms with Crippen molar-refractivity contribution in [1.82, 2.24) is 4.57 Å². The summed E-state index contributed by atoms with van der Waals surface area (Å²) in [7, 11) is -2.57. The van der Waals surface area contributed by atoms with Gasteiger partial charge >= 0.3 is 6.18 Å². The van der Waals surface area contributed by atoms with Gasteiger partial charge in [-0.25, -0.2) is 8.42 Å². The van der Waals surface area contributed by atoms with Crippen LogP contribution in [-0.2, 0) is 29.2 Å². The molecule has 2 aromatic carbocycles. The highest BCUT2D eigenvalue weighted by atomic mass is 32.2. The third-order valence-corrected chi connectivity index (χ3v) is 5.55. The first-order valence-electron chi connectivity index (χ1n) is 9.61. The fraction of sp³-hybridized carbons (Fsp3) is 0.227. The van der Waals surface area contributed by atoms with Gasteiger partial charge in [-0.3, -0.25) is 4.79 Å². The van der Waals surface area contributed by atoms with Gasteiger partial charge in [0.1, 0.15) is 10.7 Å². The second-order valence-electron chi connectivity index (χ2n) is 7.12. The number of hydrogen-bond acceptors (Lipinski definition) is 4. The molecule has 2 N–H and O–H groups in total. The number of alkyl halides is 3. The molecular weight excluding hydrogens is 445 g/mol. The van der Waals surface area contributed by atoms with Gasteiger partial charge in [-0.15, -0.1) is 0 Å². The number of halogens is 3. The number of aliphatic hydroxyl groups excluding tert-OH is 1. The molecule has 3 aromatic rings. The molecule has 0 aliphatic carbocycles. The smallest absolute Gasteiger partial charge is 0.395 e. The van der Waals surface area contributed by atoms with Crippen LogP contribution in [0.15, 0.2) is 54.7 Å². The topological polar surface area (TPSA) is 88.4 Å². The molecule has 10 heteroatoms. The number of thiol groups is 1. The number of hydrogen-bond donors (Lipinski definition) is 3. The van der Waals surface area contributed by atoms with Crippen LogP contribution in [0.1, 0.15) is 27.0 Å². The second-order valence-corrected chi connectivity index (χ2v) is 8.10. The minimum atomic E-state index is -4.59. The molecule has 0 aliphatic heterocycles. The summed E-state index contributed by atoms with van der Waals surface area (Å²) < 4.78 is 63.8. The van der Waals surface area contributed by atoms with Crippen molar-refractivity contribution in [3.05, 3.63) is 77.0 Å². The van der Waals surface area contributed by atoms with Crippen molar-refractivity contribution in [1.29, 1.82) is 0 Å². The van der Waals surface area contributed by atoms with E-state index in [1.165, 1.54) is 29.0 Å². The number of benzene rings is 2. The van der Waals surface area contributed by atoms with E-state index in [4.69, 9.17) is 0 Å². The van der Waals surface area contributed by atoms with Gasteiger partial charge in [-0.1, -0.05) is 30.3 Å². The third-order valence-electron chi connectivity index (χ3n) is 4.93. The van der Waals surface area contributed by atoms with E-state index in [0.717, 1.165) is 6.07 Å². The fourth-order valence-corrected chi connectivity index (χ4v) is 4.02. The summed E-state index contributed by atoms with van der Waals surface area (Å²) in [6.07, 6.45) is -3.17. The Balaban J connectivity index is 1.98. The number of anilines is 1. The normalized spacial score (nSPS) is 11.7. The standard InChI is InChI=1S/C22H21F3N2O4S/c1-14-18(21(29)26-16-8-6-15(7-9-16)13-32(30)31)12-27(10-11-28)20(14)17-4-2-3-5-19(17)22(23,24)25/h2-9,12,28,32H,10-11,13H2,1H3,(H,26,29). The maximum Gasteiger partial charge on any atom is 0.417 e. The van der Waals surface area contributed by atoms with Crippen LogP contribution in [0, 0.1) is 6.92 Å². The van der Waals surface area contributed by atoms with Gasteiger partial charge < -0.3 is 15.0 Å². The highest BCUT2D eigenvalue weighted by Gasteiger charge is 2.35. The van der Waals surface area contributed by atoms with Crippen molar-refractivity contribution in [3.63, 3.8) is 0 Å². The van der Waals surface area contributed by atoms with Gasteiger partial charge in [0, 0.05) is 24.0 Å². The fourth-order valence-electron chi connectivity index (χ4n) is 3.51.